The summed E-state index contributed by atoms with van der Waals surface area (Å²) >= 11 is 6.18. The molecule has 0 saturated heterocycles. The molecule has 0 fully saturated rings. The van der Waals surface area contributed by atoms with Crippen molar-refractivity contribution in [1.82, 2.24) is 0 Å². The van der Waals surface area contributed by atoms with Crippen molar-refractivity contribution in [1.29, 1.82) is 0 Å². The summed E-state index contributed by atoms with van der Waals surface area (Å²) in [5.41, 5.74) is 0.725. The van der Waals surface area contributed by atoms with Crippen LogP contribution in [0, 0.1) is 5.82 Å². The van der Waals surface area contributed by atoms with Gasteiger partial charge in [-0.2, -0.15) is 0 Å². The minimum atomic E-state index is -0.375. The van der Waals surface area contributed by atoms with Gasteiger partial charge in [-0.15, -0.1) is 0 Å². The highest BCUT2D eigenvalue weighted by atomic mass is 35.5. The van der Waals surface area contributed by atoms with Gasteiger partial charge in [0.15, 0.2) is 23.1 Å². The van der Waals surface area contributed by atoms with Crippen molar-refractivity contribution in [3.05, 3.63) is 47.2 Å². The lowest BCUT2D eigenvalue weighted by molar-refractivity contribution is 0.171. The lowest BCUT2D eigenvalue weighted by atomic mass is 10.2. The SMILES string of the molecule is Fc1ccccc1OCCNc1cc2c(cc1Cl)OCCO2. The molecule has 0 saturated carbocycles. The average molecular weight is 324 g/mol. The van der Waals surface area contributed by atoms with E-state index >= 15 is 0 Å². The predicted molar refractivity (Wildman–Crippen MR) is 82.8 cm³/mol. The molecule has 0 aliphatic carbocycles. The number of para-hydroxylation sites is 1. The van der Waals surface area contributed by atoms with Crippen LogP contribution in [-0.4, -0.2) is 26.4 Å². The molecular weight excluding hydrogens is 309 g/mol. The molecule has 1 aliphatic heterocycles. The Bertz CT molecular complexity index is 666. The molecule has 0 unspecified atom stereocenters. The van der Waals surface area contributed by atoms with Crippen molar-refractivity contribution in [3.8, 4) is 17.2 Å². The molecule has 6 heteroatoms. The highest BCUT2D eigenvalue weighted by Gasteiger charge is 2.14. The fraction of sp³-hybridized carbons (Fsp3) is 0.250. The number of fused-ring (bicyclic) bond motifs is 1. The smallest absolute Gasteiger partial charge is 0.165 e. The largest absolute Gasteiger partial charge is 0.489 e. The van der Waals surface area contributed by atoms with Gasteiger partial charge in [0.1, 0.15) is 19.8 Å². The molecule has 22 heavy (non-hydrogen) atoms. The Hall–Kier alpha value is -2.14. The van der Waals surface area contributed by atoms with Crippen LogP contribution in [0.5, 0.6) is 17.2 Å². The molecule has 1 aliphatic rings. The van der Waals surface area contributed by atoms with Gasteiger partial charge in [-0.1, -0.05) is 23.7 Å². The second-order valence-electron chi connectivity index (χ2n) is 4.68. The lowest BCUT2D eigenvalue weighted by Crippen LogP contribution is -2.16. The summed E-state index contributed by atoms with van der Waals surface area (Å²) < 4.78 is 29.7. The molecule has 0 radical (unpaired) electrons. The second-order valence-corrected chi connectivity index (χ2v) is 5.09. The molecule has 1 heterocycles. The first-order valence-electron chi connectivity index (χ1n) is 6.94. The Morgan fingerprint density at radius 1 is 1.14 bits per heavy atom. The van der Waals surface area contributed by atoms with Gasteiger partial charge in [0.05, 0.1) is 10.7 Å². The minimum absolute atomic E-state index is 0.234. The number of hydrogen-bond acceptors (Lipinski definition) is 4. The molecule has 1 N–H and O–H groups in total. The normalized spacial score (nSPS) is 12.8. The number of benzene rings is 2. The van der Waals surface area contributed by atoms with E-state index in [0.717, 1.165) is 5.69 Å². The fourth-order valence-electron chi connectivity index (χ4n) is 2.11. The number of nitrogens with one attached hydrogen (secondary N) is 1. The Balaban J connectivity index is 1.57. The first kappa shape index (κ1) is 14.8. The van der Waals surface area contributed by atoms with Crippen LogP contribution in [0.3, 0.4) is 0 Å². The molecule has 3 rings (SSSR count). The summed E-state index contributed by atoms with van der Waals surface area (Å²) in [7, 11) is 0. The third-order valence-electron chi connectivity index (χ3n) is 3.14. The van der Waals surface area contributed by atoms with Crippen LogP contribution in [0.4, 0.5) is 10.1 Å². The molecule has 0 aromatic heterocycles. The highest BCUT2D eigenvalue weighted by molar-refractivity contribution is 6.33. The summed E-state index contributed by atoms with van der Waals surface area (Å²) in [4.78, 5) is 0. The van der Waals surface area contributed by atoms with Crippen molar-refractivity contribution in [2.45, 2.75) is 0 Å². The van der Waals surface area contributed by atoms with Gasteiger partial charge in [0.25, 0.3) is 0 Å². The van der Waals surface area contributed by atoms with Gasteiger partial charge in [-0.05, 0) is 12.1 Å². The third kappa shape index (κ3) is 3.36. The van der Waals surface area contributed by atoms with E-state index in [0.29, 0.717) is 42.9 Å². The maximum atomic E-state index is 13.4. The van der Waals surface area contributed by atoms with Crippen LogP contribution in [-0.2, 0) is 0 Å². The molecule has 0 amide bonds. The number of halogens is 2. The topological polar surface area (TPSA) is 39.7 Å². The van der Waals surface area contributed by atoms with E-state index in [4.69, 9.17) is 25.8 Å². The van der Waals surface area contributed by atoms with E-state index < -0.39 is 0 Å². The molecule has 0 spiro atoms. The maximum absolute atomic E-state index is 13.4. The molecular formula is C16H15ClFNO3. The van der Waals surface area contributed by atoms with Gasteiger partial charge < -0.3 is 19.5 Å². The number of ether oxygens (including phenoxy) is 3. The van der Waals surface area contributed by atoms with E-state index in [-0.39, 0.29) is 11.6 Å². The van der Waals surface area contributed by atoms with Crippen molar-refractivity contribution in [3.63, 3.8) is 0 Å². The van der Waals surface area contributed by atoms with Gasteiger partial charge >= 0.3 is 0 Å². The summed E-state index contributed by atoms with van der Waals surface area (Å²) in [6, 6.07) is 9.81. The van der Waals surface area contributed by atoms with Gasteiger partial charge in [-0.25, -0.2) is 4.39 Å². The zero-order chi connectivity index (χ0) is 15.4. The van der Waals surface area contributed by atoms with Crippen molar-refractivity contribution in [2.24, 2.45) is 0 Å². The van der Waals surface area contributed by atoms with Crippen LogP contribution in [0.15, 0.2) is 36.4 Å². The first-order valence-corrected chi connectivity index (χ1v) is 7.32. The molecule has 4 nitrogen and oxygen atoms in total. The molecule has 2 aromatic carbocycles. The van der Waals surface area contributed by atoms with Crippen LogP contribution >= 0.6 is 11.6 Å². The van der Waals surface area contributed by atoms with Crippen molar-refractivity contribution >= 4 is 17.3 Å². The number of hydrogen-bond donors (Lipinski definition) is 1. The fourth-order valence-corrected chi connectivity index (χ4v) is 2.33. The molecule has 2 aromatic rings. The van der Waals surface area contributed by atoms with Crippen LogP contribution in [0.25, 0.3) is 0 Å². The zero-order valence-electron chi connectivity index (χ0n) is 11.8. The Morgan fingerprint density at radius 2 is 1.86 bits per heavy atom. The monoisotopic (exact) mass is 323 g/mol. The first-order chi connectivity index (χ1) is 10.7. The number of anilines is 1. The highest BCUT2D eigenvalue weighted by Crippen LogP contribution is 2.37. The average Bonchev–Trinajstić information content (AvgIpc) is 2.53. The maximum Gasteiger partial charge on any atom is 0.165 e. The van der Waals surface area contributed by atoms with Crippen molar-refractivity contribution in [2.75, 3.05) is 31.7 Å². The lowest BCUT2D eigenvalue weighted by Gasteiger charge is -2.20. The van der Waals surface area contributed by atoms with Crippen LogP contribution in [0.1, 0.15) is 0 Å². The van der Waals surface area contributed by atoms with E-state index in [1.165, 1.54) is 6.07 Å². The zero-order valence-corrected chi connectivity index (χ0v) is 12.5. The van der Waals surface area contributed by atoms with E-state index in [1.54, 1.807) is 30.3 Å². The Morgan fingerprint density at radius 3 is 2.64 bits per heavy atom. The summed E-state index contributed by atoms with van der Waals surface area (Å²) in [5.74, 6) is 1.16. The third-order valence-corrected chi connectivity index (χ3v) is 3.46. The Kier molecular flexibility index (Phi) is 4.53. The minimum Gasteiger partial charge on any atom is -0.489 e. The molecule has 116 valence electrons. The van der Waals surface area contributed by atoms with E-state index in [9.17, 15) is 4.39 Å². The predicted octanol–water partition coefficient (Wildman–Crippen LogP) is 3.74. The summed E-state index contributed by atoms with van der Waals surface area (Å²) in [6.45, 7) is 1.83. The second kappa shape index (κ2) is 6.75. The van der Waals surface area contributed by atoms with Crippen LogP contribution < -0.4 is 19.5 Å². The summed E-state index contributed by atoms with van der Waals surface area (Å²) in [6.07, 6.45) is 0. The molecule has 0 atom stereocenters. The van der Waals surface area contributed by atoms with E-state index in [1.807, 2.05) is 0 Å². The Labute approximate surface area is 132 Å². The molecule has 0 bridgehead atoms. The van der Waals surface area contributed by atoms with Gasteiger partial charge in [0, 0.05) is 18.7 Å². The van der Waals surface area contributed by atoms with Gasteiger partial charge in [0.2, 0.25) is 0 Å². The van der Waals surface area contributed by atoms with E-state index in [2.05, 4.69) is 5.32 Å². The van der Waals surface area contributed by atoms with Crippen molar-refractivity contribution < 1.29 is 18.6 Å². The standard InChI is InChI=1S/C16H15ClFNO3/c17-11-9-15-16(22-8-7-21-15)10-13(11)19-5-6-20-14-4-2-1-3-12(14)18/h1-4,9-10,19H,5-8H2. The summed E-state index contributed by atoms with van der Waals surface area (Å²) in [5, 5.41) is 3.67. The quantitative estimate of drug-likeness (QED) is 0.851. The number of rotatable bonds is 5. The van der Waals surface area contributed by atoms with Crippen LogP contribution in [0.2, 0.25) is 5.02 Å². The van der Waals surface area contributed by atoms with Gasteiger partial charge in [-0.3, -0.25) is 0 Å².